The van der Waals surface area contributed by atoms with Crippen molar-refractivity contribution in [2.24, 2.45) is 4.99 Å². The number of rotatable bonds is 7. The molecule has 1 aliphatic heterocycles. The Labute approximate surface area is 386 Å². The summed E-state index contributed by atoms with van der Waals surface area (Å²) in [5, 5.41) is 14.9. The van der Waals surface area contributed by atoms with Gasteiger partial charge >= 0.3 is 0 Å². The van der Waals surface area contributed by atoms with Crippen LogP contribution in [-0.2, 0) is 0 Å². The van der Waals surface area contributed by atoms with E-state index in [4.69, 9.17) is 9.41 Å². The molecular weight excluding hydrogens is 823 g/mol. The molecule has 3 heterocycles. The first-order chi connectivity index (χ1) is 32.7. The third-order valence-electron chi connectivity index (χ3n) is 13.2. The Morgan fingerprint density at radius 1 is 0.424 bits per heavy atom. The van der Waals surface area contributed by atoms with Crippen molar-refractivity contribution in [1.29, 1.82) is 0 Å². The molecule has 0 amide bonds. The zero-order valence-electron chi connectivity index (χ0n) is 35.8. The molecule has 10 aromatic carbocycles. The topological polar surface area (TPSA) is 49.6 Å². The number of thiophene rings is 1. The molecule has 0 bridgehead atoms. The summed E-state index contributed by atoms with van der Waals surface area (Å²) in [6.45, 7) is 0. The number of hydrogen-bond donors (Lipinski definition) is 2. The number of furan rings is 1. The van der Waals surface area contributed by atoms with Crippen LogP contribution in [0.3, 0.4) is 0 Å². The van der Waals surface area contributed by atoms with E-state index in [1.807, 2.05) is 11.3 Å². The lowest BCUT2D eigenvalue weighted by Gasteiger charge is -2.32. The van der Waals surface area contributed by atoms with Gasteiger partial charge in [-0.25, -0.2) is 4.99 Å². The smallest absolute Gasteiger partial charge is 0.136 e. The highest BCUT2D eigenvalue weighted by atomic mass is 32.1. The molecule has 2 unspecified atom stereocenters. The van der Waals surface area contributed by atoms with Gasteiger partial charge in [-0.05, 0) is 91.2 Å². The largest absolute Gasteiger partial charge is 0.456 e. The number of aliphatic imine (C=N–C) groups is 1. The van der Waals surface area contributed by atoms with Gasteiger partial charge in [0.25, 0.3) is 0 Å². The average Bonchev–Trinajstić information content (AvgIpc) is 3.96. The Morgan fingerprint density at radius 2 is 1.02 bits per heavy atom. The van der Waals surface area contributed by atoms with Crippen molar-refractivity contribution in [3.8, 4) is 44.5 Å². The molecule has 12 aromatic rings. The van der Waals surface area contributed by atoms with Gasteiger partial charge in [-0.3, -0.25) is 5.32 Å². The van der Waals surface area contributed by atoms with Crippen LogP contribution in [0.5, 0.6) is 0 Å². The number of nitrogens with zero attached hydrogens (tertiary/aromatic N) is 1. The van der Waals surface area contributed by atoms with E-state index in [9.17, 15) is 0 Å². The Morgan fingerprint density at radius 3 is 1.74 bits per heavy atom. The maximum Gasteiger partial charge on any atom is 0.136 e. The van der Waals surface area contributed by atoms with Crippen LogP contribution in [0.15, 0.2) is 234 Å². The molecule has 2 aromatic heterocycles. The van der Waals surface area contributed by atoms with Crippen LogP contribution < -0.4 is 10.6 Å². The van der Waals surface area contributed by atoms with Crippen LogP contribution in [0, 0.1) is 0 Å². The molecule has 0 saturated carbocycles. The molecule has 0 spiro atoms. The lowest BCUT2D eigenvalue weighted by atomic mass is 9.89. The van der Waals surface area contributed by atoms with E-state index in [-0.39, 0.29) is 12.3 Å². The summed E-state index contributed by atoms with van der Waals surface area (Å²) in [4.78, 5) is 5.42. The summed E-state index contributed by atoms with van der Waals surface area (Å²) < 4.78 is 9.22. The maximum absolute atomic E-state index is 6.67. The van der Waals surface area contributed by atoms with Gasteiger partial charge < -0.3 is 9.73 Å². The molecule has 4 nitrogen and oxygen atoms in total. The molecule has 0 radical (unpaired) electrons. The number of benzene rings is 10. The molecule has 66 heavy (non-hydrogen) atoms. The molecule has 0 aliphatic carbocycles. The van der Waals surface area contributed by atoms with Gasteiger partial charge in [0.15, 0.2) is 0 Å². The van der Waals surface area contributed by atoms with E-state index in [0.717, 1.165) is 66.5 Å². The third-order valence-corrected chi connectivity index (χ3v) is 14.3. The Kier molecular flexibility index (Phi) is 9.22. The summed E-state index contributed by atoms with van der Waals surface area (Å²) in [5.41, 5.74) is 14.4. The summed E-state index contributed by atoms with van der Waals surface area (Å²) in [6.07, 6.45) is -0.528. The van der Waals surface area contributed by atoms with Gasteiger partial charge in [0.05, 0.1) is 0 Å². The second kappa shape index (κ2) is 15.9. The highest BCUT2D eigenvalue weighted by Gasteiger charge is 2.28. The van der Waals surface area contributed by atoms with Gasteiger partial charge in [-0.2, -0.15) is 0 Å². The Hall–Kier alpha value is -8.09. The highest BCUT2D eigenvalue weighted by molar-refractivity contribution is 7.25. The first-order valence-corrected chi connectivity index (χ1v) is 23.3. The van der Waals surface area contributed by atoms with Crippen molar-refractivity contribution in [2.75, 3.05) is 0 Å². The second-order valence-corrected chi connectivity index (χ2v) is 18.2. The fourth-order valence-electron chi connectivity index (χ4n) is 9.93. The second-order valence-electron chi connectivity index (χ2n) is 17.1. The third kappa shape index (κ3) is 6.68. The zero-order chi connectivity index (χ0) is 43.6. The minimum absolute atomic E-state index is 0.205. The molecule has 2 N–H and O–H groups in total. The van der Waals surface area contributed by atoms with Gasteiger partial charge in [0, 0.05) is 42.1 Å². The predicted molar refractivity (Wildman–Crippen MR) is 277 cm³/mol. The van der Waals surface area contributed by atoms with Crippen LogP contribution in [0.2, 0.25) is 0 Å². The van der Waals surface area contributed by atoms with E-state index >= 15 is 0 Å². The molecule has 312 valence electrons. The molecule has 13 rings (SSSR count). The first-order valence-electron chi connectivity index (χ1n) is 22.5. The molecule has 0 saturated heterocycles. The van der Waals surface area contributed by atoms with Gasteiger partial charge in [-0.15, -0.1) is 11.3 Å². The van der Waals surface area contributed by atoms with Crippen LogP contribution in [0.25, 0.3) is 97.4 Å². The van der Waals surface area contributed by atoms with Gasteiger partial charge in [0.1, 0.15) is 29.3 Å². The van der Waals surface area contributed by atoms with E-state index in [2.05, 4.69) is 235 Å². The summed E-state index contributed by atoms with van der Waals surface area (Å²) in [5.74, 6) is 0.854. The minimum atomic E-state index is -0.323. The summed E-state index contributed by atoms with van der Waals surface area (Å²) in [7, 11) is 0. The van der Waals surface area contributed by atoms with E-state index in [1.165, 1.54) is 53.4 Å². The van der Waals surface area contributed by atoms with Crippen LogP contribution in [0.4, 0.5) is 0 Å². The number of amidine groups is 1. The van der Waals surface area contributed by atoms with Crippen molar-refractivity contribution in [2.45, 2.75) is 12.3 Å². The minimum Gasteiger partial charge on any atom is -0.456 e. The highest BCUT2D eigenvalue weighted by Crippen LogP contribution is 2.45. The van der Waals surface area contributed by atoms with Gasteiger partial charge in [-0.1, -0.05) is 194 Å². The molecule has 1 aliphatic rings. The Balaban J connectivity index is 0.940. The molecular formula is C61H41N3OS. The summed E-state index contributed by atoms with van der Waals surface area (Å²) in [6, 6.07) is 80.5. The van der Waals surface area contributed by atoms with Crippen molar-refractivity contribution in [3.05, 3.63) is 241 Å². The Bertz CT molecular complexity index is 3800. The van der Waals surface area contributed by atoms with Crippen LogP contribution >= 0.6 is 11.3 Å². The average molecular weight is 864 g/mol. The molecule has 0 fully saturated rings. The van der Waals surface area contributed by atoms with Crippen molar-refractivity contribution in [3.63, 3.8) is 0 Å². The van der Waals surface area contributed by atoms with E-state index in [1.54, 1.807) is 0 Å². The normalized spacial score (nSPS) is 15.1. The summed E-state index contributed by atoms with van der Waals surface area (Å²) >= 11 is 1.84. The van der Waals surface area contributed by atoms with Gasteiger partial charge in [0.2, 0.25) is 0 Å². The first kappa shape index (κ1) is 38.4. The molecule has 2 atom stereocenters. The lowest BCUT2D eigenvalue weighted by Crippen LogP contribution is -2.45. The maximum atomic E-state index is 6.67. The lowest BCUT2D eigenvalue weighted by molar-refractivity contribution is 0.411. The molecule has 5 heteroatoms. The SMILES string of the molecule is c1ccc(-c2ccc(C3=NC(c4ccc(-c5c(-c6ccc(-c7ccccc7)cc6)ccc6oc7cc8ccccc8cc7c56)cc4)NC(c4cccc5sc6ccccc6c45)N3)cc2)cc1. The fraction of sp³-hybridized carbons (Fsp3) is 0.0328. The zero-order valence-corrected chi connectivity index (χ0v) is 36.6. The van der Waals surface area contributed by atoms with Crippen LogP contribution in [-0.4, -0.2) is 5.84 Å². The quantitative estimate of drug-likeness (QED) is 0.168. The van der Waals surface area contributed by atoms with E-state index in [0.29, 0.717) is 0 Å². The van der Waals surface area contributed by atoms with Crippen molar-refractivity contribution >= 4 is 70.1 Å². The van der Waals surface area contributed by atoms with Crippen LogP contribution in [0.1, 0.15) is 29.0 Å². The number of fused-ring (bicyclic) bond motifs is 7. The van der Waals surface area contributed by atoms with Crippen molar-refractivity contribution in [1.82, 2.24) is 10.6 Å². The standard InChI is InChI=1S/C61H41N3OS/c1-3-12-38(13-4-1)40-22-26-42(27-23-40)48-34-35-52-58(51-36-46-16-7-8-17-47(46)37-53(51)65-52)56(48)43-28-32-45(33-29-43)60-62-59(44-30-24-41(25-31-44)39-14-5-2-6-15-39)63-61(64-60)50-19-11-21-55-57(50)49-18-9-10-20-54(49)66-55/h1-37,60-61,64H,(H,62,63). The number of hydrogen-bond acceptors (Lipinski definition) is 5. The number of nitrogens with one attached hydrogen (secondary N) is 2. The fourth-order valence-corrected chi connectivity index (χ4v) is 11.1. The van der Waals surface area contributed by atoms with Crippen molar-refractivity contribution < 1.29 is 4.42 Å². The monoisotopic (exact) mass is 863 g/mol. The van der Waals surface area contributed by atoms with E-state index < -0.39 is 0 Å². The predicted octanol–water partition coefficient (Wildman–Crippen LogP) is 16.1.